The number of aryl methyl sites for hydroxylation is 1. The van der Waals surface area contributed by atoms with Gasteiger partial charge >= 0.3 is 0 Å². The number of nitrogens with one attached hydrogen (secondary N) is 1. The van der Waals surface area contributed by atoms with Crippen LogP contribution in [0.3, 0.4) is 0 Å². The predicted octanol–water partition coefficient (Wildman–Crippen LogP) is 4.04. The first kappa shape index (κ1) is 17.4. The number of ether oxygens (including phenoxy) is 1. The van der Waals surface area contributed by atoms with Crippen LogP contribution < -0.4 is 10.3 Å². The van der Waals surface area contributed by atoms with Crippen molar-refractivity contribution in [1.29, 1.82) is 0 Å². The molecule has 1 fully saturated rings. The maximum Gasteiger partial charge on any atom is 0.228 e. The van der Waals surface area contributed by atoms with Gasteiger partial charge in [-0.25, -0.2) is 4.98 Å². The van der Waals surface area contributed by atoms with Gasteiger partial charge in [-0.2, -0.15) is 10.1 Å². The third kappa shape index (κ3) is 3.72. The van der Waals surface area contributed by atoms with Gasteiger partial charge in [0.15, 0.2) is 5.82 Å². The SMILES string of the molecule is Cc1cccc(/C=N/Nc2nc(N3CCOCC3)nc3c(Br)csc23)c1. The van der Waals surface area contributed by atoms with Gasteiger partial charge in [0, 0.05) is 18.5 Å². The van der Waals surface area contributed by atoms with E-state index in [-0.39, 0.29) is 0 Å². The maximum atomic E-state index is 5.43. The summed E-state index contributed by atoms with van der Waals surface area (Å²) in [6.07, 6.45) is 1.80. The van der Waals surface area contributed by atoms with Gasteiger partial charge in [-0.3, -0.25) is 5.43 Å². The standard InChI is InChI=1S/C18H18BrN5OS/c1-12-3-2-4-13(9-12)10-20-23-17-16-15(14(19)11-26-16)21-18(22-17)24-5-7-25-8-6-24/h2-4,9-11H,5-8H2,1H3,(H,21,22,23)/b20-10+. The molecular weight excluding hydrogens is 414 g/mol. The van der Waals surface area contributed by atoms with Crippen LogP contribution in [0, 0.1) is 6.92 Å². The summed E-state index contributed by atoms with van der Waals surface area (Å²) in [5.41, 5.74) is 6.25. The van der Waals surface area contributed by atoms with E-state index in [1.807, 2.05) is 17.5 Å². The number of hydrogen-bond acceptors (Lipinski definition) is 7. The molecule has 4 rings (SSSR count). The van der Waals surface area contributed by atoms with Gasteiger partial charge < -0.3 is 9.64 Å². The molecule has 8 heteroatoms. The molecular formula is C18H18BrN5OS. The van der Waals surface area contributed by atoms with Crippen LogP contribution in [0.1, 0.15) is 11.1 Å². The van der Waals surface area contributed by atoms with Crippen LogP contribution in [0.25, 0.3) is 10.2 Å². The molecule has 0 radical (unpaired) electrons. The summed E-state index contributed by atoms with van der Waals surface area (Å²) >= 11 is 5.18. The van der Waals surface area contributed by atoms with E-state index < -0.39 is 0 Å². The van der Waals surface area contributed by atoms with E-state index in [9.17, 15) is 0 Å². The molecule has 2 aromatic heterocycles. The Labute approximate surface area is 164 Å². The van der Waals surface area contributed by atoms with Crippen molar-refractivity contribution in [3.05, 3.63) is 45.2 Å². The van der Waals surface area contributed by atoms with Crippen LogP contribution in [0.5, 0.6) is 0 Å². The van der Waals surface area contributed by atoms with Gasteiger partial charge in [0.05, 0.1) is 28.6 Å². The van der Waals surface area contributed by atoms with Crippen molar-refractivity contribution < 1.29 is 4.74 Å². The Morgan fingerprint density at radius 2 is 2.15 bits per heavy atom. The third-order valence-electron chi connectivity index (χ3n) is 4.08. The average molecular weight is 432 g/mol. The van der Waals surface area contributed by atoms with Crippen molar-refractivity contribution in [2.75, 3.05) is 36.6 Å². The fourth-order valence-electron chi connectivity index (χ4n) is 2.78. The van der Waals surface area contributed by atoms with Crippen LogP contribution >= 0.6 is 27.3 Å². The number of nitrogens with zero attached hydrogens (tertiary/aromatic N) is 4. The van der Waals surface area contributed by atoms with E-state index in [0.29, 0.717) is 19.2 Å². The first-order valence-corrected chi connectivity index (χ1v) is 10.0. The van der Waals surface area contributed by atoms with E-state index in [0.717, 1.165) is 39.2 Å². The number of benzene rings is 1. The molecule has 0 bridgehead atoms. The molecule has 1 aliphatic heterocycles. The molecule has 1 aliphatic rings. The monoisotopic (exact) mass is 431 g/mol. The molecule has 0 saturated carbocycles. The van der Waals surface area contributed by atoms with Crippen molar-refractivity contribution in [3.63, 3.8) is 0 Å². The lowest BCUT2D eigenvalue weighted by Gasteiger charge is -2.27. The van der Waals surface area contributed by atoms with Crippen LogP contribution in [-0.4, -0.2) is 42.5 Å². The molecule has 0 spiro atoms. The normalized spacial score (nSPS) is 15.1. The molecule has 3 heterocycles. The first-order chi connectivity index (χ1) is 12.7. The number of hydrazone groups is 1. The van der Waals surface area contributed by atoms with E-state index >= 15 is 0 Å². The van der Waals surface area contributed by atoms with Crippen molar-refractivity contribution in [2.45, 2.75) is 6.92 Å². The topological polar surface area (TPSA) is 62.6 Å². The van der Waals surface area contributed by atoms with Gasteiger partial charge in [-0.1, -0.05) is 29.8 Å². The van der Waals surface area contributed by atoms with Crippen molar-refractivity contribution in [1.82, 2.24) is 9.97 Å². The number of morpholine rings is 1. The fraction of sp³-hybridized carbons (Fsp3) is 0.278. The van der Waals surface area contributed by atoms with Gasteiger partial charge in [0.2, 0.25) is 5.95 Å². The lowest BCUT2D eigenvalue weighted by atomic mass is 10.2. The van der Waals surface area contributed by atoms with E-state index in [1.165, 1.54) is 5.56 Å². The molecule has 1 saturated heterocycles. The first-order valence-electron chi connectivity index (χ1n) is 8.34. The Hall–Kier alpha value is -2.03. The molecule has 0 atom stereocenters. The molecule has 0 aliphatic carbocycles. The van der Waals surface area contributed by atoms with Gasteiger partial charge in [-0.05, 0) is 28.4 Å². The molecule has 1 aromatic carbocycles. The quantitative estimate of drug-likeness (QED) is 0.498. The molecule has 0 amide bonds. The van der Waals surface area contributed by atoms with Crippen LogP contribution in [0.2, 0.25) is 0 Å². The Morgan fingerprint density at radius 3 is 2.96 bits per heavy atom. The number of rotatable bonds is 4. The van der Waals surface area contributed by atoms with E-state index in [1.54, 1.807) is 17.6 Å². The zero-order chi connectivity index (χ0) is 17.9. The predicted molar refractivity (Wildman–Crippen MR) is 111 cm³/mol. The highest BCUT2D eigenvalue weighted by Gasteiger charge is 2.18. The Morgan fingerprint density at radius 1 is 1.31 bits per heavy atom. The lowest BCUT2D eigenvalue weighted by Crippen LogP contribution is -2.37. The third-order valence-corrected chi connectivity index (χ3v) is 5.96. The summed E-state index contributed by atoms with van der Waals surface area (Å²) in [7, 11) is 0. The number of hydrogen-bond donors (Lipinski definition) is 1. The number of aromatic nitrogens is 2. The largest absolute Gasteiger partial charge is 0.378 e. The van der Waals surface area contributed by atoms with Crippen molar-refractivity contribution >= 4 is 55.5 Å². The molecule has 1 N–H and O–H groups in total. The van der Waals surface area contributed by atoms with Gasteiger partial charge in [-0.15, -0.1) is 11.3 Å². The number of fused-ring (bicyclic) bond motifs is 1. The molecule has 6 nitrogen and oxygen atoms in total. The zero-order valence-corrected chi connectivity index (χ0v) is 16.7. The summed E-state index contributed by atoms with van der Waals surface area (Å²) in [5.74, 6) is 1.42. The summed E-state index contributed by atoms with van der Waals surface area (Å²) in [4.78, 5) is 11.6. The minimum Gasteiger partial charge on any atom is -0.378 e. The molecule has 134 valence electrons. The highest BCUT2D eigenvalue weighted by Crippen LogP contribution is 2.34. The van der Waals surface area contributed by atoms with Crippen LogP contribution in [-0.2, 0) is 4.74 Å². The summed E-state index contributed by atoms with van der Waals surface area (Å²) in [5, 5.41) is 6.41. The van der Waals surface area contributed by atoms with E-state index in [4.69, 9.17) is 14.7 Å². The minimum atomic E-state index is 0.695. The Balaban J connectivity index is 1.64. The maximum absolute atomic E-state index is 5.43. The Bertz CT molecular complexity index is 952. The molecule has 3 aromatic rings. The zero-order valence-electron chi connectivity index (χ0n) is 14.3. The smallest absolute Gasteiger partial charge is 0.228 e. The average Bonchev–Trinajstić information content (AvgIpc) is 3.04. The fourth-order valence-corrected chi connectivity index (χ4v) is 4.28. The molecule has 26 heavy (non-hydrogen) atoms. The molecule has 0 unspecified atom stereocenters. The van der Waals surface area contributed by atoms with Gasteiger partial charge in [0.1, 0.15) is 5.52 Å². The van der Waals surface area contributed by atoms with Crippen molar-refractivity contribution in [2.24, 2.45) is 5.10 Å². The van der Waals surface area contributed by atoms with E-state index in [2.05, 4.69) is 50.4 Å². The highest BCUT2D eigenvalue weighted by atomic mass is 79.9. The summed E-state index contributed by atoms with van der Waals surface area (Å²) in [6, 6.07) is 8.19. The minimum absolute atomic E-state index is 0.695. The highest BCUT2D eigenvalue weighted by molar-refractivity contribution is 9.10. The number of thiophene rings is 1. The second-order valence-corrected chi connectivity index (χ2v) is 7.75. The number of anilines is 2. The Kier molecular flexibility index (Phi) is 5.14. The second kappa shape index (κ2) is 7.69. The lowest BCUT2D eigenvalue weighted by molar-refractivity contribution is 0.122. The summed E-state index contributed by atoms with van der Waals surface area (Å²) < 4.78 is 7.38. The number of halogens is 1. The summed E-state index contributed by atoms with van der Waals surface area (Å²) in [6.45, 7) is 5.04. The van der Waals surface area contributed by atoms with Crippen molar-refractivity contribution in [3.8, 4) is 0 Å². The van der Waals surface area contributed by atoms with Crippen LogP contribution in [0.15, 0.2) is 39.2 Å². The van der Waals surface area contributed by atoms with Crippen LogP contribution in [0.4, 0.5) is 11.8 Å². The van der Waals surface area contributed by atoms with Gasteiger partial charge in [0.25, 0.3) is 0 Å². The second-order valence-electron chi connectivity index (χ2n) is 6.02.